The molecule has 0 spiro atoms. The Morgan fingerprint density at radius 2 is 1.69 bits per heavy atom. The fourth-order valence-corrected chi connectivity index (χ4v) is 2.92. The van der Waals surface area contributed by atoms with Crippen LogP contribution in [0, 0.1) is 6.92 Å². The van der Waals surface area contributed by atoms with Crippen molar-refractivity contribution in [2.45, 2.75) is 13.1 Å². The summed E-state index contributed by atoms with van der Waals surface area (Å²) < 4.78 is 39.5. The van der Waals surface area contributed by atoms with E-state index in [1.165, 1.54) is 16.6 Å². The molecule has 0 fully saturated rings. The molecule has 2 aromatic carbocycles. The fourth-order valence-electron chi connectivity index (χ4n) is 2.92. The standard InChI is InChI=1S/C20H14F3N5O/c1-12-17(19(29)25-15-9-7-14(8-10-15)20(21,22)23)26-27-18-16(11-24-28(12)18)13-5-3-2-4-6-13/h2-11H,1H3,(H,25,29). The molecule has 2 heterocycles. The third kappa shape index (κ3) is 3.54. The van der Waals surface area contributed by atoms with E-state index in [-0.39, 0.29) is 11.4 Å². The lowest BCUT2D eigenvalue weighted by Crippen LogP contribution is -2.18. The van der Waals surface area contributed by atoms with Gasteiger partial charge in [0.15, 0.2) is 11.3 Å². The van der Waals surface area contributed by atoms with Gasteiger partial charge in [0, 0.05) is 11.3 Å². The minimum absolute atomic E-state index is 0.0279. The Hall–Kier alpha value is -3.75. The molecular weight excluding hydrogens is 383 g/mol. The molecule has 0 unspecified atom stereocenters. The molecule has 146 valence electrons. The van der Waals surface area contributed by atoms with E-state index in [1.54, 1.807) is 13.1 Å². The highest BCUT2D eigenvalue weighted by Crippen LogP contribution is 2.30. The second-order valence-corrected chi connectivity index (χ2v) is 6.32. The fraction of sp³-hybridized carbons (Fsp3) is 0.100. The zero-order valence-corrected chi connectivity index (χ0v) is 15.1. The first-order chi connectivity index (χ1) is 13.8. The van der Waals surface area contributed by atoms with E-state index in [9.17, 15) is 18.0 Å². The molecule has 2 aromatic heterocycles. The molecule has 29 heavy (non-hydrogen) atoms. The van der Waals surface area contributed by atoms with Crippen LogP contribution in [0.1, 0.15) is 21.7 Å². The van der Waals surface area contributed by atoms with Crippen LogP contribution in [0.3, 0.4) is 0 Å². The quantitative estimate of drug-likeness (QED) is 0.557. The van der Waals surface area contributed by atoms with E-state index in [0.717, 1.165) is 23.3 Å². The van der Waals surface area contributed by atoms with Crippen molar-refractivity contribution in [3.63, 3.8) is 0 Å². The zero-order chi connectivity index (χ0) is 20.6. The highest BCUT2D eigenvalue weighted by Gasteiger charge is 2.30. The monoisotopic (exact) mass is 397 g/mol. The van der Waals surface area contributed by atoms with Crippen LogP contribution in [0.4, 0.5) is 18.9 Å². The first-order valence-electron chi connectivity index (χ1n) is 8.59. The molecule has 1 amide bonds. The Morgan fingerprint density at radius 3 is 2.34 bits per heavy atom. The van der Waals surface area contributed by atoms with Crippen molar-refractivity contribution in [1.29, 1.82) is 0 Å². The maximum Gasteiger partial charge on any atom is 0.416 e. The number of rotatable bonds is 3. The van der Waals surface area contributed by atoms with Crippen LogP contribution in [0.15, 0.2) is 60.8 Å². The first kappa shape index (κ1) is 18.6. The number of nitrogens with one attached hydrogen (secondary N) is 1. The van der Waals surface area contributed by atoms with Gasteiger partial charge in [-0.25, -0.2) is 4.52 Å². The molecule has 0 saturated heterocycles. The predicted molar refractivity (Wildman–Crippen MR) is 100 cm³/mol. The third-order valence-corrected chi connectivity index (χ3v) is 4.42. The lowest BCUT2D eigenvalue weighted by molar-refractivity contribution is -0.137. The summed E-state index contributed by atoms with van der Waals surface area (Å²) in [5.41, 5.74) is 2.10. The summed E-state index contributed by atoms with van der Waals surface area (Å²) in [6, 6.07) is 13.7. The smallest absolute Gasteiger partial charge is 0.321 e. The SMILES string of the molecule is Cc1c(C(=O)Nc2ccc(C(F)(F)F)cc2)nnc2c(-c3ccccc3)cnn12. The van der Waals surface area contributed by atoms with Gasteiger partial charge in [0.05, 0.1) is 17.5 Å². The third-order valence-electron chi connectivity index (χ3n) is 4.42. The molecule has 0 aliphatic heterocycles. The number of carbonyl (C=O) groups excluding carboxylic acids is 1. The Balaban J connectivity index is 1.62. The van der Waals surface area contributed by atoms with Crippen LogP contribution in [-0.4, -0.2) is 25.7 Å². The van der Waals surface area contributed by atoms with Gasteiger partial charge in [-0.15, -0.1) is 10.2 Å². The van der Waals surface area contributed by atoms with Crippen LogP contribution >= 0.6 is 0 Å². The number of carbonyl (C=O) groups is 1. The molecule has 0 saturated carbocycles. The topological polar surface area (TPSA) is 72.2 Å². The van der Waals surface area contributed by atoms with Crippen molar-refractivity contribution in [2.24, 2.45) is 0 Å². The largest absolute Gasteiger partial charge is 0.416 e. The second-order valence-electron chi connectivity index (χ2n) is 6.32. The summed E-state index contributed by atoms with van der Waals surface area (Å²) >= 11 is 0. The number of aryl methyl sites for hydroxylation is 1. The van der Waals surface area contributed by atoms with Gasteiger partial charge in [0.2, 0.25) is 0 Å². The van der Waals surface area contributed by atoms with E-state index in [2.05, 4.69) is 20.6 Å². The molecule has 0 aliphatic carbocycles. The second kappa shape index (κ2) is 7.01. The number of hydrogen-bond donors (Lipinski definition) is 1. The summed E-state index contributed by atoms with van der Waals surface area (Å²) in [7, 11) is 0. The van der Waals surface area contributed by atoms with Gasteiger partial charge in [-0.1, -0.05) is 30.3 Å². The molecule has 9 heteroatoms. The number of anilines is 1. The van der Waals surface area contributed by atoms with Crippen molar-refractivity contribution < 1.29 is 18.0 Å². The molecule has 1 N–H and O–H groups in total. The first-order valence-corrected chi connectivity index (χ1v) is 8.59. The minimum Gasteiger partial charge on any atom is -0.321 e. The van der Waals surface area contributed by atoms with E-state index in [1.807, 2.05) is 30.3 Å². The van der Waals surface area contributed by atoms with E-state index >= 15 is 0 Å². The molecular formula is C20H14F3N5O. The number of benzene rings is 2. The van der Waals surface area contributed by atoms with Crippen LogP contribution < -0.4 is 5.32 Å². The predicted octanol–water partition coefficient (Wildman–Crippen LogP) is 4.37. The van der Waals surface area contributed by atoms with Gasteiger partial charge in [0.1, 0.15) is 0 Å². The van der Waals surface area contributed by atoms with Gasteiger partial charge in [-0.3, -0.25) is 4.79 Å². The molecule has 0 bridgehead atoms. The average Bonchev–Trinajstić information content (AvgIpc) is 3.13. The molecule has 0 aliphatic rings. The van der Waals surface area contributed by atoms with Crippen LogP contribution in [-0.2, 0) is 6.18 Å². The number of amides is 1. The van der Waals surface area contributed by atoms with Crippen molar-refractivity contribution in [3.8, 4) is 11.1 Å². The van der Waals surface area contributed by atoms with Gasteiger partial charge in [-0.05, 0) is 36.8 Å². The average molecular weight is 397 g/mol. The number of alkyl halides is 3. The number of fused-ring (bicyclic) bond motifs is 1. The van der Waals surface area contributed by atoms with Gasteiger partial charge < -0.3 is 5.32 Å². The van der Waals surface area contributed by atoms with Gasteiger partial charge >= 0.3 is 6.18 Å². The van der Waals surface area contributed by atoms with Crippen molar-refractivity contribution in [1.82, 2.24) is 19.8 Å². The van der Waals surface area contributed by atoms with Crippen molar-refractivity contribution >= 4 is 17.2 Å². The highest BCUT2D eigenvalue weighted by molar-refractivity contribution is 6.03. The zero-order valence-electron chi connectivity index (χ0n) is 15.1. The minimum atomic E-state index is -4.44. The number of nitrogens with zero attached hydrogens (tertiary/aromatic N) is 4. The number of aromatic nitrogens is 4. The van der Waals surface area contributed by atoms with Crippen LogP contribution in [0.5, 0.6) is 0 Å². The lowest BCUT2D eigenvalue weighted by Gasteiger charge is -2.10. The number of halogens is 3. The van der Waals surface area contributed by atoms with Crippen LogP contribution in [0.2, 0.25) is 0 Å². The molecule has 4 aromatic rings. The van der Waals surface area contributed by atoms with Crippen molar-refractivity contribution in [3.05, 3.63) is 77.7 Å². The Labute approximate surface area is 163 Å². The van der Waals surface area contributed by atoms with E-state index in [4.69, 9.17) is 0 Å². The summed E-state index contributed by atoms with van der Waals surface area (Å²) in [6.45, 7) is 1.67. The van der Waals surface area contributed by atoms with Crippen molar-refractivity contribution in [2.75, 3.05) is 5.32 Å². The Kier molecular flexibility index (Phi) is 4.50. The molecule has 4 rings (SSSR count). The Bertz CT molecular complexity index is 1180. The van der Waals surface area contributed by atoms with Gasteiger partial charge in [-0.2, -0.15) is 18.3 Å². The summed E-state index contributed by atoms with van der Waals surface area (Å²) in [5, 5.41) is 15.0. The molecule has 6 nitrogen and oxygen atoms in total. The molecule has 0 radical (unpaired) electrons. The van der Waals surface area contributed by atoms with E-state index in [0.29, 0.717) is 11.3 Å². The Morgan fingerprint density at radius 1 is 1.00 bits per heavy atom. The van der Waals surface area contributed by atoms with Gasteiger partial charge in [0.25, 0.3) is 5.91 Å². The maximum atomic E-state index is 12.7. The highest BCUT2D eigenvalue weighted by atomic mass is 19.4. The molecule has 0 atom stereocenters. The maximum absolute atomic E-state index is 12.7. The summed E-state index contributed by atoms with van der Waals surface area (Å²) in [5.74, 6) is -0.589. The number of hydrogen-bond acceptors (Lipinski definition) is 4. The van der Waals surface area contributed by atoms with E-state index < -0.39 is 17.6 Å². The lowest BCUT2D eigenvalue weighted by atomic mass is 10.1. The van der Waals surface area contributed by atoms with Crippen LogP contribution in [0.25, 0.3) is 16.8 Å². The summed E-state index contributed by atoms with van der Waals surface area (Å²) in [6.07, 6.45) is -2.80. The summed E-state index contributed by atoms with van der Waals surface area (Å²) in [4.78, 5) is 12.6. The normalized spacial score (nSPS) is 11.6.